The maximum absolute atomic E-state index is 12.9. The van der Waals surface area contributed by atoms with Gasteiger partial charge in [0.15, 0.2) is 0 Å². The zero-order chi connectivity index (χ0) is 23.6. The van der Waals surface area contributed by atoms with Crippen molar-refractivity contribution < 1.29 is 34.3 Å². The summed E-state index contributed by atoms with van der Waals surface area (Å²) in [7, 11) is 6.78. The van der Waals surface area contributed by atoms with Crippen LogP contribution in [-0.4, -0.2) is 110 Å². The molecular formula is C25H41NO7. The van der Waals surface area contributed by atoms with Gasteiger partial charge in [0, 0.05) is 64.6 Å². The van der Waals surface area contributed by atoms with Crippen molar-refractivity contribution >= 4 is 0 Å². The predicted octanol–water partition coefficient (Wildman–Crippen LogP) is 0.271. The summed E-state index contributed by atoms with van der Waals surface area (Å²) in [5, 5.41) is 37.1. The average molecular weight is 468 g/mol. The summed E-state index contributed by atoms with van der Waals surface area (Å²) in [5.74, 6) is 0.0580. The van der Waals surface area contributed by atoms with E-state index in [2.05, 4.69) is 11.8 Å². The molecule has 1 aliphatic heterocycles. The largest absolute Gasteiger partial charge is 0.392 e. The van der Waals surface area contributed by atoms with Crippen molar-refractivity contribution in [1.29, 1.82) is 0 Å². The van der Waals surface area contributed by atoms with Gasteiger partial charge in [-0.3, -0.25) is 4.90 Å². The minimum Gasteiger partial charge on any atom is -0.392 e. The Morgan fingerprint density at radius 2 is 1.82 bits per heavy atom. The first kappa shape index (κ1) is 23.1. The van der Waals surface area contributed by atoms with Crippen LogP contribution >= 0.6 is 0 Å². The van der Waals surface area contributed by atoms with Crippen LogP contribution in [0.25, 0.3) is 0 Å². The van der Waals surface area contributed by atoms with Crippen LogP contribution in [0.15, 0.2) is 0 Å². The molecule has 0 aromatic heterocycles. The third kappa shape index (κ3) is 2.20. The minimum absolute atomic E-state index is 0.103. The number of likely N-dealkylation sites (tertiary alicyclic amines) is 1. The molecule has 8 nitrogen and oxygen atoms in total. The molecule has 1 spiro atoms. The molecule has 3 N–H and O–H groups in total. The number of ether oxygens (including phenoxy) is 4. The lowest BCUT2D eigenvalue weighted by Crippen LogP contribution is -2.80. The first-order valence-corrected chi connectivity index (χ1v) is 12.7. The molecule has 0 amide bonds. The molecule has 0 aromatic carbocycles. The number of hydrogen-bond acceptors (Lipinski definition) is 8. The Kier molecular flexibility index (Phi) is 4.99. The first-order valence-electron chi connectivity index (χ1n) is 12.7. The fraction of sp³-hybridized carbons (Fsp3) is 1.00. The van der Waals surface area contributed by atoms with Crippen LogP contribution in [-0.2, 0) is 18.9 Å². The lowest BCUT2D eigenvalue weighted by molar-refractivity contribution is -0.311. The van der Waals surface area contributed by atoms with E-state index in [1.807, 2.05) is 0 Å². The van der Waals surface area contributed by atoms with Crippen molar-refractivity contribution in [1.82, 2.24) is 4.90 Å². The summed E-state index contributed by atoms with van der Waals surface area (Å²) in [4.78, 5) is 2.33. The van der Waals surface area contributed by atoms with Crippen LogP contribution in [0.1, 0.15) is 32.6 Å². The Hall–Kier alpha value is -0.320. The lowest BCUT2D eigenvalue weighted by atomic mass is 9.43. The normalized spacial score (nSPS) is 60.9. The Balaban J connectivity index is 1.65. The van der Waals surface area contributed by atoms with Gasteiger partial charge in [0.25, 0.3) is 0 Å². The molecule has 0 radical (unpaired) electrons. The van der Waals surface area contributed by atoms with Gasteiger partial charge < -0.3 is 34.3 Å². The maximum Gasteiger partial charge on any atom is 0.136 e. The van der Waals surface area contributed by atoms with E-state index >= 15 is 0 Å². The third-order valence-corrected chi connectivity index (χ3v) is 11.5. The summed E-state index contributed by atoms with van der Waals surface area (Å²) in [6, 6.07) is -0.236. The molecule has 7 bridgehead atoms. The fourth-order valence-electron chi connectivity index (χ4n) is 11.0. The van der Waals surface area contributed by atoms with Crippen molar-refractivity contribution in [3.8, 4) is 0 Å². The smallest absolute Gasteiger partial charge is 0.136 e. The van der Waals surface area contributed by atoms with E-state index in [9.17, 15) is 15.3 Å². The highest BCUT2D eigenvalue weighted by Gasteiger charge is 2.90. The molecule has 1 saturated heterocycles. The lowest BCUT2D eigenvalue weighted by Gasteiger charge is -2.69. The Morgan fingerprint density at radius 1 is 1.06 bits per heavy atom. The van der Waals surface area contributed by atoms with E-state index < -0.39 is 28.8 Å². The number of piperidine rings is 1. The number of nitrogens with zero attached hydrogens (tertiary/aromatic N) is 1. The van der Waals surface area contributed by atoms with Gasteiger partial charge in [0.2, 0.25) is 0 Å². The van der Waals surface area contributed by atoms with Gasteiger partial charge in [-0.25, -0.2) is 0 Å². The Morgan fingerprint density at radius 3 is 2.42 bits per heavy atom. The molecule has 6 aliphatic rings. The molecule has 5 saturated carbocycles. The Bertz CT molecular complexity index is 814. The SMILES string of the molecule is CCN1C[C@]2(COC)[C@H](O)CC[C@@]34[C@@H]5C[C@H]6[C@H](OC)[C@@H]5[C@](O)(C[C@@H]6OC)[C@@](O)([C@@H](OC)[C@H]23)[C@@H]14. The van der Waals surface area contributed by atoms with Gasteiger partial charge in [-0.2, -0.15) is 0 Å². The van der Waals surface area contributed by atoms with Crippen molar-refractivity contribution in [2.24, 2.45) is 34.5 Å². The van der Waals surface area contributed by atoms with Crippen LogP contribution in [0.5, 0.6) is 0 Å². The van der Waals surface area contributed by atoms with Gasteiger partial charge in [0.1, 0.15) is 11.2 Å². The Labute approximate surface area is 196 Å². The van der Waals surface area contributed by atoms with Crippen LogP contribution in [0.4, 0.5) is 0 Å². The second kappa shape index (κ2) is 7.13. The topological polar surface area (TPSA) is 101 Å². The molecule has 188 valence electrons. The van der Waals surface area contributed by atoms with Gasteiger partial charge in [-0.05, 0) is 37.1 Å². The van der Waals surface area contributed by atoms with E-state index in [-0.39, 0.29) is 47.3 Å². The summed E-state index contributed by atoms with van der Waals surface area (Å²) in [5.41, 5.74) is -3.74. The minimum atomic E-state index is -1.49. The number of aliphatic hydroxyl groups is 3. The molecule has 0 aromatic rings. The number of fused-ring (bicyclic) bond motifs is 2. The van der Waals surface area contributed by atoms with E-state index in [0.29, 0.717) is 26.0 Å². The quantitative estimate of drug-likeness (QED) is 0.512. The van der Waals surface area contributed by atoms with Crippen molar-refractivity contribution in [2.75, 3.05) is 48.1 Å². The number of rotatable bonds is 6. The highest BCUT2D eigenvalue weighted by atomic mass is 16.5. The predicted molar refractivity (Wildman–Crippen MR) is 119 cm³/mol. The number of methoxy groups -OCH3 is 4. The molecule has 5 aliphatic carbocycles. The van der Waals surface area contributed by atoms with Gasteiger partial charge >= 0.3 is 0 Å². The molecule has 6 fully saturated rings. The molecule has 8 heteroatoms. The maximum atomic E-state index is 12.9. The second-order valence-corrected chi connectivity index (χ2v) is 11.9. The third-order valence-electron chi connectivity index (χ3n) is 11.5. The van der Waals surface area contributed by atoms with Crippen LogP contribution in [0, 0.1) is 34.5 Å². The van der Waals surface area contributed by atoms with Crippen LogP contribution in [0.3, 0.4) is 0 Å². The van der Waals surface area contributed by atoms with Crippen molar-refractivity contribution in [3.63, 3.8) is 0 Å². The number of aliphatic hydroxyl groups excluding tert-OH is 1. The average Bonchev–Trinajstić information content (AvgIpc) is 3.22. The molecule has 1 heterocycles. The number of hydrogen-bond donors (Lipinski definition) is 3. The zero-order valence-electron chi connectivity index (χ0n) is 20.6. The van der Waals surface area contributed by atoms with E-state index in [1.165, 1.54) is 0 Å². The first-order chi connectivity index (χ1) is 15.8. The fourth-order valence-corrected chi connectivity index (χ4v) is 11.0. The van der Waals surface area contributed by atoms with Crippen LogP contribution < -0.4 is 0 Å². The monoisotopic (exact) mass is 467 g/mol. The summed E-state index contributed by atoms with van der Waals surface area (Å²) < 4.78 is 24.0. The molecule has 13 atom stereocenters. The standard InChI is InChI=1S/C25H41NO7/c1-6-26-11-22(12-30-2)16(27)7-8-23-14-9-13-15(31-3)10-24(28,17(14)18(13)32-4)25(29,21(23)26)20(33-5)19(22)23/h13-21,27-29H,6-12H2,1-5H3/t13-,14-,15+,16-,17-,18+,19-,20+,21+,22+,23-,24-,25-/m1/s1. The molecule has 33 heavy (non-hydrogen) atoms. The van der Waals surface area contributed by atoms with Gasteiger partial charge in [0.05, 0.1) is 37.1 Å². The van der Waals surface area contributed by atoms with E-state index in [1.54, 1.807) is 28.4 Å². The van der Waals surface area contributed by atoms with E-state index in [0.717, 1.165) is 19.4 Å². The highest BCUT2D eigenvalue weighted by Crippen LogP contribution is 2.80. The summed E-state index contributed by atoms with van der Waals surface area (Å²) in [6.45, 7) is 3.89. The van der Waals surface area contributed by atoms with Crippen LogP contribution in [0.2, 0.25) is 0 Å². The second-order valence-electron chi connectivity index (χ2n) is 11.9. The van der Waals surface area contributed by atoms with Gasteiger partial charge in [-0.1, -0.05) is 6.92 Å². The molecule has 6 rings (SSSR count). The summed E-state index contributed by atoms with van der Waals surface area (Å²) >= 11 is 0. The van der Waals surface area contributed by atoms with E-state index in [4.69, 9.17) is 18.9 Å². The number of likely N-dealkylation sites (N-methyl/N-ethyl adjacent to an activating group) is 1. The molecule has 0 unspecified atom stereocenters. The van der Waals surface area contributed by atoms with Crippen molar-refractivity contribution in [3.05, 3.63) is 0 Å². The van der Waals surface area contributed by atoms with Crippen molar-refractivity contribution in [2.45, 2.75) is 74.3 Å². The zero-order valence-corrected chi connectivity index (χ0v) is 20.6. The van der Waals surface area contributed by atoms with Gasteiger partial charge in [-0.15, -0.1) is 0 Å². The molecular weight excluding hydrogens is 426 g/mol. The summed E-state index contributed by atoms with van der Waals surface area (Å²) in [6.07, 6.45) is 1.28. The highest BCUT2D eigenvalue weighted by molar-refractivity contribution is 5.40.